The Morgan fingerprint density at radius 1 is 1.06 bits per heavy atom. The van der Waals surface area contributed by atoms with E-state index in [2.05, 4.69) is 52.5 Å². The third-order valence-electron chi connectivity index (χ3n) is 3.37. The molecule has 1 N–H and O–H groups in total. The summed E-state index contributed by atoms with van der Waals surface area (Å²) in [6.45, 7) is 8.07. The van der Waals surface area contributed by atoms with Crippen molar-refractivity contribution in [2.75, 3.05) is 46.3 Å². The molecule has 0 saturated carbocycles. The van der Waals surface area contributed by atoms with Crippen molar-refractivity contribution in [2.45, 2.75) is 6.54 Å². The van der Waals surface area contributed by atoms with Gasteiger partial charge in [-0.25, -0.2) is 0 Å². The van der Waals surface area contributed by atoms with Crippen molar-refractivity contribution in [3.05, 3.63) is 35.9 Å². The SMILES string of the molecule is CN1CCN(CCNCc2ccccc2)CC1. The Morgan fingerprint density at radius 2 is 1.76 bits per heavy atom. The molecule has 2 rings (SSSR count). The number of likely N-dealkylation sites (N-methyl/N-ethyl adjacent to an activating group) is 1. The van der Waals surface area contributed by atoms with Gasteiger partial charge in [0.2, 0.25) is 0 Å². The fraction of sp³-hybridized carbons (Fsp3) is 0.571. The maximum atomic E-state index is 3.50. The van der Waals surface area contributed by atoms with Crippen LogP contribution in [0.5, 0.6) is 0 Å². The van der Waals surface area contributed by atoms with E-state index in [4.69, 9.17) is 0 Å². The highest BCUT2D eigenvalue weighted by atomic mass is 15.2. The van der Waals surface area contributed by atoms with E-state index < -0.39 is 0 Å². The number of hydrogen-bond acceptors (Lipinski definition) is 3. The standard InChI is InChI=1S/C14H23N3/c1-16-9-11-17(12-10-16)8-7-15-13-14-5-3-2-4-6-14/h2-6,15H,7-13H2,1H3. The highest BCUT2D eigenvalue weighted by Crippen LogP contribution is 1.99. The summed E-state index contributed by atoms with van der Waals surface area (Å²) in [6, 6.07) is 10.6. The molecule has 0 radical (unpaired) electrons. The van der Waals surface area contributed by atoms with E-state index in [9.17, 15) is 0 Å². The number of nitrogens with one attached hydrogen (secondary N) is 1. The minimum absolute atomic E-state index is 0.981. The predicted octanol–water partition coefficient (Wildman–Crippen LogP) is 1.02. The Balaban J connectivity index is 1.57. The summed E-state index contributed by atoms with van der Waals surface area (Å²) in [7, 11) is 2.20. The lowest BCUT2D eigenvalue weighted by molar-refractivity contribution is 0.154. The number of nitrogens with zero attached hydrogens (tertiary/aromatic N) is 2. The van der Waals surface area contributed by atoms with Crippen LogP contribution in [0.15, 0.2) is 30.3 Å². The molecule has 1 aromatic rings. The van der Waals surface area contributed by atoms with Crippen LogP contribution in [0, 0.1) is 0 Å². The van der Waals surface area contributed by atoms with E-state index in [0.717, 1.165) is 13.1 Å². The van der Waals surface area contributed by atoms with Crippen LogP contribution in [0.3, 0.4) is 0 Å². The van der Waals surface area contributed by atoms with Gasteiger partial charge < -0.3 is 10.2 Å². The minimum atomic E-state index is 0.981. The quantitative estimate of drug-likeness (QED) is 0.766. The second kappa shape index (κ2) is 6.74. The van der Waals surface area contributed by atoms with Crippen molar-refractivity contribution in [3.63, 3.8) is 0 Å². The van der Waals surface area contributed by atoms with Crippen molar-refractivity contribution in [2.24, 2.45) is 0 Å². The maximum absolute atomic E-state index is 3.50. The van der Waals surface area contributed by atoms with Gasteiger partial charge in [0, 0.05) is 45.8 Å². The Hall–Kier alpha value is -0.900. The van der Waals surface area contributed by atoms with Gasteiger partial charge in [0.05, 0.1) is 0 Å². The van der Waals surface area contributed by atoms with E-state index in [1.165, 1.54) is 38.3 Å². The molecular weight excluding hydrogens is 210 g/mol. The average Bonchev–Trinajstić information content (AvgIpc) is 2.38. The molecule has 1 saturated heterocycles. The summed E-state index contributed by atoms with van der Waals surface area (Å²) in [6.07, 6.45) is 0. The predicted molar refractivity (Wildman–Crippen MR) is 72.1 cm³/mol. The molecule has 0 amide bonds. The topological polar surface area (TPSA) is 18.5 Å². The molecule has 1 aliphatic heterocycles. The molecule has 94 valence electrons. The molecule has 3 nitrogen and oxygen atoms in total. The lowest BCUT2D eigenvalue weighted by Crippen LogP contribution is -2.46. The maximum Gasteiger partial charge on any atom is 0.0206 e. The first-order valence-electron chi connectivity index (χ1n) is 6.50. The number of benzene rings is 1. The average molecular weight is 233 g/mol. The minimum Gasteiger partial charge on any atom is -0.311 e. The summed E-state index contributed by atoms with van der Waals surface area (Å²) < 4.78 is 0. The van der Waals surface area contributed by atoms with Gasteiger partial charge >= 0.3 is 0 Å². The van der Waals surface area contributed by atoms with Crippen molar-refractivity contribution >= 4 is 0 Å². The monoisotopic (exact) mass is 233 g/mol. The number of piperazine rings is 1. The van der Waals surface area contributed by atoms with Crippen molar-refractivity contribution in [1.82, 2.24) is 15.1 Å². The van der Waals surface area contributed by atoms with Crippen LogP contribution in [0.25, 0.3) is 0 Å². The Kier molecular flexibility index (Phi) is 4.98. The highest BCUT2D eigenvalue weighted by molar-refractivity contribution is 5.14. The zero-order valence-corrected chi connectivity index (χ0v) is 10.7. The molecule has 1 aromatic carbocycles. The van der Waals surface area contributed by atoms with E-state index in [0.29, 0.717) is 0 Å². The van der Waals surface area contributed by atoms with Gasteiger partial charge in [-0.1, -0.05) is 30.3 Å². The molecule has 0 atom stereocenters. The largest absolute Gasteiger partial charge is 0.311 e. The van der Waals surface area contributed by atoms with Gasteiger partial charge in [-0.2, -0.15) is 0 Å². The van der Waals surface area contributed by atoms with Crippen LogP contribution in [0.2, 0.25) is 0 Å². The molecule has 1 aliphatic rings. The lowest BCUT2D eigenvalue weighted by atomic mass is 10.2. The second-order valence-electron chi connectivity index (χ2n) is 4.81. The molecular formula is C14H23N3. The van der Waals surface area contributed by atoms with Gasteiger partial charge in [0.1, 0.15) is 0 Å². The first kappa shape index (κ1) is 12.6. The smallest absolute Gasteiger partial charge is 0.0206 e. The summed E-state index contributed by atoms with van der Waals surface area (Å²) in [5.74, 6) is 0. The van der Waals surface area contributed by atoms with Crippen molar-refractivity contribution in [1.29, 1.82) is 0 Å². The zero-order chi connectivity index (χ0) is 11.9. The summed E-state index contributed by atoms with van der Waals surface area (Å²) >= 11 is 0. The molecule has 1 heterocycles. The summed E-state index contributed by atoms with van der Waals surface area (Å²) in [5, 5.41) is 3.50. The Labute approximate surface area is 104 Å². The molecule has 3 heteroatoms. The van der Waals surface area contributed by atoms with Crippen LogP contribution in [-0.4, -0.2) is 56.1 Å². The molecule has 17 heavy (non-hydrogen) atoms. The summed E-state index contributed by atoms with van der Waals surface area (Å²) in [4.78, 5) is 4.94. The van der Waals surface area contributed by atoms with E-state index >= 15 is 0 Å². The molecule has 0 bridgehead atoms. The lowest BCUT2D eigenvalue weighted by Gasteiger charge is -2.32. The van der Waals surface area contributed by atoms with Crippen LogP contribution in [0.1, 0.15) is 5.56 Å². The van der Waals surface area contributed by atoms with Crippen LogP contribution in [-0.2, 0) is 6.54 Å². The number of hydrogen-bond donors (Lipinski definition) is 1. The van der Waals surface area contributed by atoms with Gasteiger partial charge in [0.15, 0.2) is 0 Å². The van der Waals surface area contributed by atoms with E-state index in [-0.39, 0.29) is 0 Å². The zero-order valence-electron chi connectivity index (χ0n) is 10.7. The fourth-order valence-electron chi connectivity index (χ4n) is 2.14. The van der Waals surface area contributed by atoms with Crippen LogP contribution >= 0.6 is 0 Å². The first-order chi connectivity index (χ1) is 8.34. The molecule has 0 spiro atoms. The fourth-order valence-corrected chi connectivity index (χ4v) is 2.14. The van der Waals surface area contributed by atoms with Gasteiger partial charge in [-0.3, -0.25) is 4.90 Å². The third-order valence-corrected chi connectivity index (χ3v) is 3.37. The third kappa shape index (κ3) is 4.46. The highest BCUT2D eigenvalue weighted by Gasteiger charge is 2.12. The summed E-state index contributed by atoms with van der Waals surface area (Å²) in [5.41, 5.74) is 1.37. The van der Waals surface area contributed by atoms with Crippen molar-refractivity contribution in [3.8, 4) is 0 Å². The van der Waals surface area contributed by atoms with E-state index in [1.807, 2.05) is 0 Å². The molecule has 1 fully saturated rings. The number of rotatable bonds is 5. The normalized spacial score (nSPS) is 18.4. The second-order valence-corrected chi connectivity index (χ2v) is 4.81. The Bertz CT molecular complexity index is 305. The van der Waals surface area contributed by atoms with Gasteiger partial charge in [-0.15, -0.1) is 0 Å². The van der Waals surface area contributed by atoms with Gasteiger partial charge in [0.25, 0.3) is 0 Å². The molecule has 0 unspecified atom stereocenters. The van der Waals surface area contributed by atoms with Crippen LogP contribution < -0.4 is 5.32 Å². The van der Waals surface area contributed by atoms with E-state index in [1.54, 1.807) is 0 Å². The first-order valence-corrected chi connectivity index (χ1v) is 6.50. The van der Waals surface area contributed by atoms with Gasteiger partial charge in [-0.05, 0) is 12.6 Å². The van der Waals surface area contributed by atoms with Crippen molar-refractivity contribution < 1.29 is 0 Å². The molecule has 0 aliphatic carbocycles. The molecule has 0 aromatic heterocycles. The van der Waals surface area contributed by atoms with Crippen LogP contribution in [0.4, 0.5) is 0 Å². The Morgan fingerprint density at radius 3 is 2.47 bits per heavy atom.